The average molecular weight is 229 g/mol. The highest BCUT2D eigenvalue weighted by Gasteiger charge is 2.17. The molecule has 0 aromatic carbocycles. The van der Waals surface area contributed by atoms with Gasteiger partial charge >= 0.3 is 0 Å². The van der Waals surface area contributed by atoms with Crippen molar-refractivity contribution in [3.63, 3.8) is 0 Å². The lowest BCUT2D eigenvalue weighted by Crippen LogP contribution is -2.41. The summed E-state index contributed by atoms with van der Waals surface area (Å²) < 4.78 is 5.27. The van der Waals surface area contributed by atoms with Gasteiger partial charge in [-0.3, -0.25) is 4.90 Å². The summed E-state index contributed by atoms with van der Waals surface area (Å²) in [6.45, 7) is 20.8. The fraction of sp³-hybridized carbons (Fsp3) is 1.00. The molecule has 0 spiro atoms. The lowest BCUT2D eigenvalue weighted by molar-refractivity contribution is 0.0236. The van der Waals surface area contributed by atoms with Crippen LogP contribution >= 0.6 is 0 Å². The molecule has 0 saturated carbocycles. The van der Waals surface area contributed by atoms with Crippen LogP contribution in [0.4, 0.5) is 0 Å². The first-order valence-corrected chi connectivity index (χ1v) is 6.38. The van der Waals surface area contributed by atoms with E-state index >= 15 is 0 Å². The Morgan fingerprint density at radius 3 is 1.56 bits per heavy atom. The summed E-state index contributed by atoms with van der Waals surface area (Å²) >= 11 is 0. The van der Waals surface area contributed by atoms with Crippen LogP contribution in [0.3, 0.4) is 0 Å². The molecule has 1 fully saturated rings. The van der Waals surface area contributed by atoms with Crippen LogP contribution in [0.25, 0.3) is 0 Å². The molecule has 0 aromatic heterocycles. The molecule has 2 nitrogen and oxygen atoms in total. The Kier molecular flexibility index (Phi) is 6.57. The Labute approximate surface area is 102 Å². The molecule has 0 unspecified atom stereocenters. The van der Waals surface area contributed by atoms with Gasteiger partial charge in [-0.1, -0.05) is 48.5 Å². The normalized spacial score (nSPS) is 18.9. The number of hydrogen-bond acceptors (Lipinski definition) is 2. The van der Waals surface area contributed by atoms with Crippen molar-refractivity contribution in [3.05, 3.63) is 0 Å². The first kappa shape index (κ1) is 15.9. The maximum absolute atomic E-state index is 5.27. The van der Waals surface area contributed by atoms with E-state index < -0.39 is 0 Å². The first-order valence-electron chi connectivity index (χ1n) is 6.38. The molecule has 1 aliphatic rings. The number of ether oxygens (including phenoxy) is 1. The molecule has 1 heterocycles. The van der Waals surface area contributed by atoms with Gasteiger partial charge in [-0.2, -0.15) is 0 Å². The van der Waals surface area contributed by atoms with Gasteiger partial charge in [0.25, 0.3) is 0 Å². The number of morpholine rings is 1. The van der Waals surface area contributed by atoms with E-state index in [1.54, 1.807) is 0 Å². The topological polar surface area (TPSA) is 12.5 Å². The second-order valence-corrected chi connectivity index (χ2v) is 7.45. The Morgan fingerprint density at radius 2 is 1.25 bits per heavy atom. The van der Waals surface area contributed by atoms with Crippen molar-refractivity contribution >= 4 is 0 Å². The number of nitrogens with zero attached hydrogens (tertiary/aromatic N) is 1. The van der Waals surface area contributed by atoms with Gasteiger partial charge in [0.1, 0.15) is 0 Å². The molecule has 1 aliphatic heterocycles. The Bertz CT molecular complexity index is 164. The third kappa shape index (κ3) is 13.9. The van der Waals surface area contributed by atoms with Crippen molar-refractivity contribution < 1.29 is 4.74 Å². The molecule has 0 aromatic rings. The van der Waals surface area contributed by atoms with Crippen molar-refractivity contribution in [2.24, 2.45) is 10.8 Å². The maximum Gasteiger partial charge on any atom is 0.0594 e. The Balaban J connectivity index is 0.000000385. The van der Waals surface area contributed by atoms with E-state index in [-0.39, 0.29) is 0 Å². The predicted octanol–water partition coefficient (Wildman–Crippen LogP) is 3.42. The molecule has 0 aliphatic carbocycles. The fourth-order valence-electron chi connectivity index (χ4n) is 1.43. The summed E-state index contributed by atoms with van der Waals surface area (Å²) in [7, 11) is 0. The van der Waals surface area contributed by atoms with Crippen LogP contribution in [0.15, 0.2) is 0 Å². The van der Waals surface area contributed by atoms with Gasteiger partial charge in [0.05, 0.1) is 13.2 Å². The van der Waals surface area contributed by atoms with E-state index in [4.69, 9.17) is 4.74 Å². The summed E-state index contributed by atoms with van der Waals surface area (Å²) in [5.74, 6) is 0. The van der Waals surface area contributed by atoms with Crippen LogP contribution in [0.1, 0.15) is 48.5 Å². The zero-order chi connectivity index (χ0) is 12.8. The first-order chi connectivity index (χ1) is 7.08. The molecule has 1 rings (SSSR count). The van der Waals surface area contributed by atoms with Crippen molar-refractivity contribution in [1.29, 1.82) is 0 Å². The number of hydrogen-bond donors (Lipinski definition) is 0. The molecule has 2 heteroatoms. The lowest BCUT2D eigenvalue weighted by atomic mass is 9.96. The summed E-state index contributed by atoms with van der Waals surface area (Å²) in [6.07, 6.45) is 0. The van der Waals surface area contributed by atoms with E-state index in [2.05, 4.69) is 53.4 Å². The van der Waals surface area contributed by atoms with Gasteiger partial charge in [-0.05, 0) is 10.8 Å². The van der Waals surface area contributed by atoms with E-state index in [9.17, 15) is 0 Å². The van der Waals surface area contributed by atoms with Crippen LogP contribution in [0.5, 0.6) is 0 Å². The van der Waals surface area contributed by atoms with E-state index in [1.807, 2.05) is 0 Å². The van der Waals surface area contributed by atoms with Gasteiger partial charge in [0.15, 0.2) is 0 Å². The Hall–Kier alpha value is -0.0800. The van der Waals surface area contributed by atoms with Crippen LogP contribution in [0.2, 0.25) is 0 Å². The summed E-state index contributed by atoms with van der Waals surface area (Å²) in [5.41, 5.74) is 0.928. The number of rotatable bonds is 1. The molecule has 1 saturated heterocycles. The monoisotopic (exact) mass is 229 g/mol. The quantitative estimate of drug-likeness (QED) is 0.683. The molecular weight excluding hydrogens is 198 g/mol. The maximum atomic E-state index is 5.27. The third-order valence-corrected chi connectivity index (χ3v) is 1.80. The van der Waals surface area contributed by atoms with E-state index in [0.29, 0.717) is 10.8 Å². The second kappa shape index (κ2) is 6.61. The molecule has 98 valence electrons. The molecule has 0 atom stereocenters. The minimum atomic E-state index is 0.428. The highest BCUT2D eigenvalue weighted by Crippen LogP contribution is 2.15. The molecule has 0 amide bonds. The van der Waals surface area contributed by atoms with Gasteiger partial charge in [0, 0.05) is 19.6 Å². The zero-order valence-electron chi connectivity index (χ0n) is 12.4. The summed E-state index contributed by atoms with van der Waals surface area (Å²) in [6, 6.07) is 0. The largest absolute Gasteiger partial charge is 0.379 e. The van der Waals surface area contributed by atoms with Crippen LogP contribution in [0, 0.1) is 10.8 Å². The molecular formula is C14H31NO. The predicted molar refractivity (Wildman–Crippen MR) is 71.8 cm³/mol. The van der Waals surface area contributed by atoms with Crippen molar-refractivity contribution in [2.45, 2.75) is 48.5 Å². The van der Waals surface area contributed by atoms with Crippen molar-refractivity contribution in [3.8, 4) is 0 Å². The van der Waals surface area contributed by atoms with Crippen LogP contribution < -0.4 is 0 Å². The highest BCUT2D eigenvalue weighted by molar-refractivity contribution is 4.70. The van der Waals surface area contributed by atoms with Gasteiger partial charge in [-0.25, -0.2) is 0 Å². The van der Waals surface area contributed by atoms with E-state index in [1.165, 1.54) is 6.54 Å². The zero-order valence-corrected chi connectivity index (χ0v) is 12.4. The molecule has 16 heavy (non-hydrogen) atoms. The van der Waals surface area contributed by atoms with Crippen LogP contribution in [-0.2, 0) is 4.74 Å². The van der Waals surface area contributed by atoms with Crippen molar-refractivity contribution in [1.82, 2.24) is 4.90 Å². The molecule has 0 N–H and O–H groups in total. The molecule has 0 radical (unpaired) electrons. The second-order valence-electron chi connectivity index (χ2n) is 7.45. The Morgan fingerprint density at radius 1 is 0.875 bits per heavy atom. The fourth-order valence-corrected chi connectivity index (χ4v) is 1.43. The third-order valence-electron chi connectivity index (χ3n) is 1.80. The van der Waals surface area contributed by atoms with Gasteiger partial charge < -0.3 is 4.74 Å². The summed E-state index contributed by atoms with van der Waals surface area (Å²) in [5, 5.41) is 0. The van der Waals surface area contributed by atoms with E-state index in [0.717, 1.165) is 26.3 Å². The highest BCUT2D eigenvalue weighted by atomic mass is 16.5. The summed E-state index contributed by atoms with van der Waals surface area (Å²) in [4.78, 5) is 2.48. The molecule has 0 bridgehead atoms. The lowest BCUT2D eigenvalue weighted by Gasteiger charge is -2.32. The van der Waals surface area contributed by atoms with Gasteiger partial charge in [0.2, 0.25) is 0 Å². The van der Waals surface area contributed by atoms with Crippen molar-refractivity contribution in [2.75, 3.05) is 32.8 Å². The minimum absolute atomic E-state index is 0.428. The standard InChI is InChI=1S/C9H19NO.C5H12/c1-9(2,3)8-10-4-6-11-7-5-10;1-5(2,3)4/h4-8H2,1-3H3;1-4H3. The van der Waals surface area contributed by atoms with Crippen LogP contribution in [-0.4, -0.2) is 37.7 Å². The SMILES string of the molecule is CC(C)(C)C.CC(C)(C)CN1CCOCC1. The van der Waals surface area contributed by atoms with Gasteiger partial charge in [-0.15, -0.1) is 0 Å². The average Bonchev–Trinajstić information content (AvgIpc) is 1.99. The minimum Gasteiger partial charge on any atom is -0.379 e. The smallest absolute Gasteiger partial charge is 0.0594 e.